The summed E-state index contributed by atoms with van der Waals surface area (Å²) in [6.45, 7) is 13.0. The molecule has 12 rings (SSSR count). The summed E-state index contributed by atoms with van der Waals surface area (Å²) < 4.78 is 93.8. The third-order valence-electron chi connectivity index (χ3n) is 12.7. The largest absolute Gasteiger partial charge is 0.310 e. The van der Waals surface area contributed by atoms with E-state index in [0.29, 0.717) is 5.69 Å². The zero-order chi connectivity index (χ0) is 52.2. The summed E-state index contributed by atoms with van der Waals surface area (Å²) in [6, 6.07) is 36.5. The van der Waals surface area contributed by atoms with Crippen molar-refractivity contribution in [3.8, 4) is 0 Å². The average Bonchev–Trinajstić information content (AvgIpc) is 3.97. The second-order valence-corrected chi connectivity index (χ2v) is 20.8. The Morgan fingerprint density at radius 1 is 0.500 bits per heavy atom. The van der Waals surface area contributed by atoms with Gasteiger partial charge < -0.3 is 14.7 Å². The van der Waals surface area contributed by atoms with Crippen LogP contribution in [0, 0.1) is 0 Å². The summed E-state index contributed by atoms with van der Waals surface area (Å²) in [5.74, 6) is 0. The Balaban J connectivity index is 1.21. The van der Waals surface area contributed by atoms with Gasteiger partial charge in [-0.25, -0.2) is 0 Å². The molecule has 0 N–H and O–H groups in total. The summed E-state index contributed by atoms with van der Waals surface area (Å²) in [4.78, 5) is 5.94. The first kappa shape index (κ1) is 29.7. The van der Waals surface area contributed by atoms with Crippen LogP contribution in [0.3, 0.4) is 0 Å². The minimum Gasteiger partial charge on any atom is -0.310 e. The van der Waals surface area contributed by atoms with E-state index in [-0.39, 0.29) is 34.6 Å². The molecule has 0 fully saturated rings. The second-order valence-electron chi connectivity index (χ2n) is 18.7. The molecule has 0 bridgehead atoms. The van der Waals surface area contributed by atoms with Crippen molar-refractivity contribution in [2.75, 3.05) is 14.7 Å². The average molecular weight is 872 g/mol. The number of anilines is 9. The van der Waals surface area contributed by atoms with Crippen molar-refractivity contribution in [3.05, 3.63) is 193 Å². The van der Waals surface area contributed by atoms with Gasteiger partial charge in [0.1, 0.15) is 0 Å². The van der Waals surface area contributed by atoms with Gasteiger partial charge in [0.15, 0.2) is 0 Å². The van der Waals surface area contributed by atoms with Gasteiger partial charge in [0.2, 0.25) is 0 Å². The normalized spacial score (nSPS) is 15.6. The molecule has 2 aromatic heterocycles. The molecule has 0 radical (unpaired) electrons. The highest BCUT2D eigenvalue weighted by atomic mass is 32.1. The van der Waals surface area contributed by atoms with E-state index in [9.17, 15) is 5.48 Å². The lowest BCUT2D eigenvalue weighted by atomic mass is 9.36. The lowest BCUT2D eigenvalue weighted by Crippen LogP contribution is -2.60. The van der Waals surface area contributed by atoms with Crippen LogP contribution in [0.2, 0.25) is 0 Å². The van der Waals surface area contributed by atoms with E-state index in [1.165, 1.54) is 16.0 Å². The highest BCUT2D eigenvalue weighted by Gasteiger charge is 2.45. The number of thiophene rings is 2. The van der Waals surface area contributed by atoms with Crippen LogP contribution in [0.4, 0.5) is 51.2 Å². The fourth-order valence-corrected chi connectivity index (χ4v) is 12.1. The maximum Gasteiger partial charge on any atom is 0.264 e. The van der Waals surface area contributed by atoms with Gasteiger partial charge in [-0.3, -0.25) is 0 Å². The van der Waals surface area contributed by atoms with Gasteiger partial charge in [-0.2, -0.15) is 0 Å². The maximum absolute atomic E-state index is 9.29. The van der Waals surface area contributed by atoms with Gasteiger partial charge in [0, 0.05) is 70.1 Å². The van der Waals surface area contributed by atoms with E-state index in [4.69, 9.17) is 8.22 Å². The molecule has 0 atom stereocenters. The smallest absolute Gasteiger partial charge is 0.264 e. The molecule has 0 saturated carbocycles. The van der Waals surface area contributed by atoms with Crippen molar-refractivity contribution in [2.24, 2.45) is 0 Å². The zero-order valence-electron chi connectivity index (χ0n) is 46.3. The quantitative estimate of drug-likeness (QED) is 0.160. The van der Waals surface area contributed by atoms with Crippen molar-refractivity contribution in [1.82, 2.24) is 0 Å². The van der Waals surface area contributed by atoms with Crippen molar-refractivity contribution >= 4 is 127 Å². The minimum atomic E-state index is -0.623. The van der Waals surface area contributed by atoms with E-state index in [1.807, 2.05) is 24.3 Å². The Kier molecular flexibility index (Phi) is 6.72. The predicted molar refractivity (Wildman–Crippen MR) is 281 cm³/mol. The van der Waals surface area contributed by atoms with E-state index >= 15 is 0 Å². The number of para-hydroxylation sites is 2. The predicted octanol–water partition coefficient (Wildman–Crippen LogP) is 15.4. The summed E-state index contributed by atoms with van der Waals surface area (Å²) in [5, 5.41) is 3.34. The maximum atomic E-state index is 9.29. The molecule has 2 aliphatic rings. The fourth-order valence-electron chi connectivity index (χ4n) is 9.64. The summed E-state index contributed by atoms with van der Waals surface area (Å²) in [5.41, 5.74) is 9.47. The summed E-state index contributed by atoms with van der Waals surface area (Å²) in [6.07, 6.45) is 0. The SMILES string of the molecule is [2H]c1c([2H])c([2H])c(N(c2ccc3c(c2)N(c2cccc4c2sc2ccccc24)c2cccc4c2B3c2sc3ccc(C(C)(C)C)cc3c2N4c2ccc(C(C)(C)C)cc2)c2c([2H])c([2H])c([2H])c([2H])c2[2H])c([2H])c1[2H]. The van der Waals surface area contributed by atoms with Crippen molar-refractivity contribution in [1.29, 1.82) is 0 Å². The van der Waals surface area contributed by atoms with Crippen molar-refractivity contribution in [2.45, 2.75) is 52.4 Å². The van der Waals surface area contributed by atoms with Crippen LogP contribution in [0.25, 0.3) is 30.3 Å². The second kappa shape index (κ2) is 14.5. The van der Waals surface area contributed by atoms with E-state index in [0.717, 1.165) is 74.4 Å². The molecule has 64 heavy (non-hydrogen) atoms. The summed E-state index contributed by atoms with van der Waals surface area (Å²) in [7, 11) is 0. The van der Waals surface area contributed by atoms with Crippen molar-refractivity contribution in [3.63, 3.8) is 0 Å². The van der Waals surface area contributed by atoms with E-state index in [1.54, 1.807) is 28.7 Å². The monoisotopic (exact) mass is 871 g/mol. The fraction of sp³-hybridized carbons (Fsp3) is 0.138. The zero-order valence-corrected chi connectivity index (χ0v) is 37.9. The van der Waals surface area contributed by atoms with Gasteiger partial charge in [-0.15, -0.1) is 22.7 Å². The number of fused-ring (bicyclic) bond motifs is 9. The Bertz CT molecular complexity index is 3920. The van der Waals surface area contributed by atoms with Gasteiger partial charge in [0.05, 0.1) is 29.8 Å². The Hall–Kier alpha value is -6.60. The molecule has 2 aliphatic heterocycles. The first-order chi connectivity index (χ1) is 35.2. The molecule has 6 heteroatoms. The van der Waals surface area contributed by atoms with Crippen molar-refractivity contribution < 1.29 is 13.7 Å². The van der Waals surface area contributed by atoms with E-state index < -0.39 is 60.4 Å². The minimum absolute atomic E-state index is 0.0589. The molecule has 4 heterocycles. The molecule has 8 aromatic carbocycles. The molecule has 310 valence electrons. The van der Waals surface area contributed by atoms with Gasteiger partial charge in [-0.1, -0.05) is 138 Å². The standard InChI is InChI=1S/C58H48BN3S2/c1-57(2,3)37-27-30-41(31-28-37)61-47-23-16-24-48-53(47)59(56-54(61)45-35-38(58(4,5)6)29-34-52(45)64-56)46-33-32-42(60(39-17-9-7-10-18-39)40-19-11-8-12-20-40)36-50(46)62(48)49-25-15-22-44-43-21-13-14-26-51(43)63-55(44)49/h7-36H,1-6H3/i7D,8D,9D,10D,11D,12D,17D,18D,19D,20D. The van der Waals surface area contributed by atoms with Crippen LogP contribution in [0.15, 0.2) is 182 Å². The first-order valence-electron chi connectivity index (χ1n) is 26.6. The number of benzene rings is 8. The highest BCUT2D eigenvalue weighted by Crippen LogP contribution is 2.51. The topological polar surface area (TPSA) is 9.72 Å². The third kappa shape index (κ3) is 6.07. The number of nitrogens with zero attached hydrogens (tertiary/aromatic N) is 3. The summed E-state index contributed by atoms with van der Waals surface area (Å²) >= 11 is 3.46. The highest BCUT2D eigenvalue weighted by molar-refractivity contribution is 7.33. The lowest BCUT2D eigenvalue weighted by Gasteiger charge is -2.43. The van der Waals surface area contributed by atoms with Gasteiger partial charge in [-0.05, 0) is 118 Å². The van der Waals surface area contributed by atoms with Crippen LogP contribution >= 0.6 is 22.7 Å². The number of hydrogen-bond acceptors (Lipinski definition) is 5. The molecule has 10 aromatic rings. The molecular formula is C58H48BN3S2. The molecule has 0 amide bonds. The number of rotatable bonds is 5. The molecular weight excluding hydrogens is 814 g/mol. The van der Waals surface area contributed by atoms with Crippen LogP contribution in [0.1, 0.15) is 66.4 Å². The van der Waals surface area contributed by atoms with Gasteiger partial charge in [0.25, 0.3) is 6.71 Å². The van der Waals surface area contributed by atoms with Crippen LogP contribution in [-0.2, 0) is 10.8 Å². The molecule has 0 spiro atoms. The van der Waals surface area contributed by atoms with Crippen LogP contribution in [-0.4, -0.2) is 6.71 Å². The van der Waals surface area contributed by atoms with E-state index in [2.05, 4.69) is 142 Å². The third-order valence-corrected chi connectivity index (χ3v) is 15.2. The molecule has 0 aliphatic carbocycles. The molecule has 0 saturated heterocycles. The van der Waals surface area contributed by atoms with Crippen LogP contribution < -0.4 is 30.4 Å². The van der Waals surface area contributed by atoms with Crippen LogP contribution in [0.5, 0.6) is 0 Å². The van der Waals surface area contributed by atoms with Gasteiger partial charge >= 0.3 is 0 Å². The Labute approximate surface area is 398 Å². The Morgan fingerprint density at radius 3 is 1.81 bits per heavy atom. The lowest BCUT2D eigenvalue weighted by molar-refractivity contribution is 0.590. The Morgan fingerprint density at radius 2 is 1.11 bits per heavy atom. The molecule has 3 nitrogen and oxygen atoms in total. The first-order valence-corrected chi connectivity index (χ1v) is 23.2. The number of hydrogen-bond donors (Lipinski definition) is 0. The molecule has 0 unspecified atom stereocenters.